The number of anilines is 1. The molecule has 92 valence electrons. The molecule has 2 heterocycles. The van der Waals surface area contributed by atoms with E-state index >= 15 is 0 Å². The first-order chi connectivity index (χ1) is 9.28. The Hall–Kier alpha value is -2.87. The van der Waals surface area contributed by atoms with Crippen LogP contribution < -0.4 is 10.6 Å². The normalized spacial score (nSPS) is 16.8. The van der Waals surface area contributed by atoms with Crippen LogP contribution >= 0.6 is 0 Å². The molecule has 1 aromatic carbocycles. The topological polar surface area (TPSA) is 77.8 Å². The number of hydrogen-bond donors (Lipinski definition) is 2. The molecule has 2 N–H and O–H groups in total. The molecule has 0 fully saturated rings. The maximum atomic E-state index is 11.9. The number of carbonyl (C=O) groups is 1. The quantitative estimate of drug-likeness (QED) is 0.809. The zero-order valence-electron chi connectivity index (χ0n) is 9.92. The molecule has 0 unspecified atom stereocenters. The summed E-state index contributed by atoms with van der Waals surface area (Å²) in [6.07, 6.45) is 1.31. The highest BCUT2D eigenvalue weighted by molar-refractivity contribution is 6.00. The van der Waals surface area contributed by atoms with E-state index in [2.05, 4.69) is 21.7 Å². The zero-order valence-corrected chi connectivity index (χ0v) is 9.92. The van der Waals surface area contributed by atoms with Gasteiger partial charge >= 0.3 is 0 Å². The van der Waals surface area contributed by atoms with Crippen LogP contribution in [-0.4, -0.2) is 10.9 Å². The molecule has 1 aliphatic heterocycles. The van der Waals surface area contributed by atoms with Gasteiger partial charge in [0, 0.05) is 6.20 Å². The van der Waals surface area contributed by atoms with Crippen molar-refractivity contribution in [3.63, 3.8) is 0 Å². The van der Waals surface area contributed by atoms with Crippen molar-refractivity contribution >= 4 is 11.7 Å². The van der Waals surface area contributed by atoms with Crippen LogP contribution in [0.5, 0.6) is 0 Å². The maximum absolute atomic E-state index is 11.9. The predicted octanol–water partition coefficient (Wildman–Crippen LogP) is 1.81. The van der Waals surface area contributed by atoms with Gasteiger partial charge in [-0.2, -0.15) is 5.26 Å². The molecule has 19 heavy (non-hydrogen) atoms. The van der Waals surface area contributed by atoms with Gasteiger partial charge in [0.2, 0.25) is 0 Å². The van der Waals surface area contributed by atoms with Gasteiger partial charge in [0.1, 0.15) is 12.0 Å². The number of fused-ring (bicyclic) bond motifs is 1. The number of hydrogen-bond acceptors (Lipinski definition) is 4. The molecule has 3 rings (SSSR count). The van der Waals surface area contributed by atoms with E-state index in [1.54, 1.807) is 30.5 Å². The third kappa shape index (κ3) is 2.00. The lowest BCUT2D eigenvalue weighted by Crippen LogP contribution is -2.38. The van der Waals surface area contributed by atoms with E-state index < -0.39 is 0 Å². The maximum Gasteiger partial charge on any atom is 0.256 e. The molecular weight excluding hydrogens is 240 g/mol. The lowest BCUT2D eigenvalue weighted by Gasteiger charge is -2.27. The molecule has 0 radical (unpaired) electrons. The van der Waals surface area contributed by atoms with Crippen molar-refractivity contribution in [2.24, 2.45) is 0 Å². The minimum atomic E-state index is -0.331. The first-order valence-electron chi connectivity index (χ1n) is 5.80. The largest absolute Gasteiger partial charge is 0.346 e. The standard InChI is InChI=1S/C14H10N4O/c15-8-9-3-5-10(6-4-9)12-17-13-11(14(19)18-12)2-1-7-16-13/h1-7,12H,(H,16,17)(H,18,19)/t12-/m0/s1. The van der Waals surface area contributed by atoms with Crippen LogP contribution in [0.4, 0.5) is 5.82 Å². The smallest absolute Gasteiger partial charge is 0.256 e. The van der Waals surface area contributed by atoms with Crippen molar-refractivity contribution < 1.29 is 4.79 Å². The molecule has 1 aliphatic rings. The van der Waals surface area contributed by atoms with Crippen molar-refractivity contribution in [1.29, 1.82) is 5.26 Å². The molecular formula is C14H10N4O. The van der Waals surface area contributed by atoms with E-state index in [1.807, 2.05) is 12.1 Å². The summed E-state index contributed by atoms with van der Waals surface area (Å²) in [5.41, 5.74) is 2.00. The second kappa shape index (κ2) is 4.42. The number of pyridine rings is 1. The summed E-state index contributed by atoms with van der Waals surface area (Å²) in [7, 11) is 0. The molecule has 0 bridgehead atoms. The van der Waals surface area contributed by atoms with Gasteiger partial charge in [-0.3, -0.25) is 4.79 Å². The lowest BCUT2D eigenvalue weighted by atomic mass is 10.1. The molecule has 0 spiro atoms. The molecule has 1 aromatic heterocycles. The third-order valence-electron chi connectivity index (χ3n) is 2.98. The minimum absolute atomic E-state index is 0.156. The van der Waals surface area contributed by atoms with Crippen LogP contribution in [0.15, 0.2) is 42.6 Å². The summed E-state index contributed by atoms with van der Waals surface area (Å²) in [6, 6.07) is 12.6. The second-order valence-electron chi connectivity index (χ2n) is 4.18. The summed E-state index contributed by atoms with van der Waals surface area (Å²) in [6.45, 7) is 0. The van der Waals surface area contributed by atoms with Crippen LogP contribution in [0.25, 0.3) is 0 Å². The Morgan fingerprint density at radius 3 is 2.68 bits per heavy atom. The van der Waals surface area contributed by atoms with Crippen molar-refractivity contribution in [2.75, 3.05) is 5.32 Å². The fourth-order valence-corrected chi connectivity index (χ4v) is 2.00. The molecule has 1 amide bonds. The van der Waals surface area contributed by atoms with Crippen LogP contribution in [-0.2, 0) is 0 Å². The number of carbonyl (C=O) groups excluding carboxylic acids is 1. The molecule has 1 atom stereocenters. The highest BCUT2D eigenvalue weighted by Gasteiger charge is 2.24. The summed E-state index contributed by atoms with van der Waals surface area (Å²) in [4.78, 5) is 16.1. The number of rotatable bonds is 1. The number of nitriles is 1. The van der Waals surface area contributed by atoms with E-state index in [0.717, 1.165) is 5.56 Å². The first kappa shape index (κ1) is 11.2. The lowest BCUT2D eigenvalue weighted by molar-refractivity contribution is 0.0935. The fraction of sp³-hybridized carbons (Fsp3) is 0.0714. The van der Waals surface area contributed by atoms with Crippen molar-refractivity contribution in [3.05, 3.63) is 59.3 Å². The van der Waals surface area contributed by atoms with Crippen molar-refractivity contribution in [1.82, 2.24) is 10.3 Å². The molecule has 0 saturated heterocycles. The van der Waals surface area contributed by atoms with Crippen molar-refractivity contribution in [2.45, 2.75) is 6.17 Å². The van der Waals surface area contributed by atoms with Gasteiger partial charge in [0.05, 0.1) is 17.2 Å². The van der Waals surface area contributed by atoms with Gasteiger partial charge in [-0.25, -0.2) is 4.98 Å². The molecule has 2 aromatic rings. The van der Waals surface area contributed by atoms with Crippen LogP contribution in [0, 0.1) is 11.3 Å². The van der Waals surface area contributed by atoms with E-state index in [-0.39, 0.29) is 12.1 Å². The number of amides is 1. The average molecular weight is 250 g/mol. The van der Waals surface area contributed by atoms with Gasteiger partial charge in [0.15, 0.2) is 0 Å². The Labute approximate surface area is 109 Å². The van der Waals surface area contributed by atoms with Gasteiger partial charge in [0.25, 0.3) is 5.91 Å². The van der Waals surface area contributed by atoms with E-state index in [1.165, 1.54) is 0 Å². The van der Waals surface area contributed by atoms with Crippen LogP contribution in [0.1, 0.15) is 27.7 Å². The number of benzene rings is 1. The van der Waals surface area contributed by atoms with Crippen molar-refractivity contribution in [3.8, 4) is 6.07 Å². The van der Waals surface area contributed by atoms with E-state index in [4.69, 9.17) is 5.26 Å². The van der Waals surface area contributed by atoms with Crippen LogP contribution in [0.3, 0.4) is 0 Å². The molecule has 0 aliphatic carbocycles. The second-order valence-corrected chi connectivity index (χ2v) is 4.18. The van der Waals surface area contributed by atoms with Gasteiger partial charge in [-0.05, 0) is 29.8 Å². The Balaban J connectivity index is 1.92. The Morgan fingerprint density at radius 2 is 1.95 bits per heavy atom. The summed E-state index contributed by atoms with van der Waals surface area (Å²) < 4.78 is 0. The first-order valence-corrected chi connectivity index (χ1v) is 5.80. The third-order valence-corrected chi connectivity index (χ3v) is 2.98. The SMILES string of the molecule is N#Cc1ccc([C@@H]2NC(=O)c3cccnc3N2)cc1. The highest BCUT2D eigenvalue weighted by atomic mass is 16.2. The predicted molar refractivity (Wildman–Crippen MR) is 69.2 cm³/mol. The Bertz CT molecular complexity index is 673. The van der Waals surface area contributed by atoms with E-state index in [9.17, 15) is 4.79 Å². The molecule has 5 heteroatoms. The Kier molecular flexibility index (Phi) is 2.62. The number of aromatic nitrogens is 1. The summed E-state index contributed by atoms with van der Waals surface area (Å²) in [5, 5.41) is 14.8. The van der Waals surface area contributed by atoms with Crippen LogP contribution in [0.2, 0.25) is 0 Å². The van der Waals surface area contributed by atoms with Gasteiger partial charge in [-0.1, -0.05) is 12.1 Å². The van der Waals surface area contributed by atoms with E-state index in [0.29, 0.717) is 16.9 Å². The zero-order chi connectivity index (χ0) is 13.2. The molecule has 5 nitrogen and oxygen atoms in total. The highest BCUT2D eigenvalue weighted by Crippen LogP contribution is 2.24. The number of nitrogens with zero attached hydrogens (tertiary/aromatic N) is 2. The average Bonchev–Trinajstić information content (AvgIpc) is 2.47. The minimum Gasteiger partial charge on any atom is -0.346 e. The monoisotopic (exact) mass is 250 g/mol. The summed E-state index contributed by atoms with van der Waals surface area (Å²) >= 11 is 0. The molecule has 0 saturated carbocycles. The Morgan fingerprint density at radius 1 is 1.16 bits per heavy atom. The van der Waals surface area contributed by atoms with Gasteiger partial charge < -0.3 is 10.6 Å². The fourth-order valence-electron chi connectivity index (χ4n) is 2.00. The van der Waals surface area contributed by atoms with Gasteiger partial charge in [-0.15, -0.1) is 0 Å². The number of nitrogens with one attached hydrogen (secondary N) is 2. The summed E-state index contributed by atoms with van der Waals surface area (Å²) in [5.74, 6) is 0.414.